The Morgan fingerprint density at radius 2 is 1.92 bits per heavy atom. The molecule has 2 aromatic rings. The van der Waals surface area contributed by atoms with Crippen molar-refractivity contribution in [1.82, 2.24) is 0 Å². The van der Waals surface area contributed by atoms with Gasteiger partial charge in [-0.1, -0.05) is 36.2 Å². The lowest BCUT2D eigenvalue weighted by Gasteiger charge is -2.16. The number of carbonyl (C=O) groups excluding carboxylic acids is 2. The van der Waals surface area contributed by atoms with Crippen LogP contribution in [0.4, 0.5) is 5.69 Å². The Morgan fingerprint density at radius 3 is 2.62 bits per heavy atom. The van der Waals surface area contributed by atoms with E-state index in [-0.39, 0.29) is 5.91 Å². The first-order chi connectivity index (χ1) is 12.4. The van der Waals surface area contributed by atoms with E-state index < -0.39 is 12.1 Å². The lowest BCUT2D eigenvalue weighted by Crippen LogP contribution is -2.30. The summed E-state index contributed by atoms with van der Waals surface area (Å²) in [5.41, 5.74) is 0.837. The van der Waals surface area contributed by atoms with E-state index in [1.54, 1.807) is 43.3 Å². The third-order valence-electron chi connectivity index (χ3n) is 3.37. The molecule has 0 aromatic heterocycles. The van der Waals surface area contributed by atoms with Gasteiger partial charge in [-0.25, -0.2) is 4.79 Å². The Labute approximate surface area is 162 Å². The summed E-state index contributed by atoms with van der Waals surface area (Å²) >= 11 is 11.9. The zero-order valence-corrected chi connectivity index (χ0v) is 15.9. The molecule has 7 heteroatoms. The van der Waals surface area contributed by atoms with Crippen LogP contribution in [-0.2, 0) is 9.53 Å². The molecular weight excluding hydrogens is 377 g/mol. The number of benzene rings is 2. The number of hydrogen-bond donors (Lipinski definition) is 1. The summed E-state index contributed by atoms with van der Waals surface area (Å²) in [4.78, 5) is 24.2. The third-order valence-corrected chi connectivity index (χ3v) is 3.90. The molecule has 0 bridgehead atoms. The number of ether oxygens (including phenoxy) is 2. The molecule has 0 saturated carbocycles. The van der Waals surface area contributed by atoms with E-state index in [1.807, 2.05) is 6.92 Å². The van der Waals surface area contributed by atoms with Gasteiger partial charge in [0.1, 0.15) is 5.75 Å². The number of halogens is 2. The highest BCUT2D eigenvalue weighted by Gasteiger charge is 2.17. The minimum Gasteiger partial charge on any atom is -0.479 e. The lowest BCUT2D eigenvalue weighted by atomic mass is 10.2. The van der Waals surface area contributed by atoms with Gasteiger partial charge in [-0.15, -0.1) is 0 Å². The van der Waals surface area contributed by atoms with Crippen LogP contribution in [-0.4, -0.2) is 24.6 Å². The zero-order chi connectivity index (χ0) is 19.1. The number of anilines is 1. The van der Waals surface area contributed by atoms with Crippen LogP contribution in [0.1, 0.15) is 30.6 Å². The first kappa shape index (κ1) is 20.1. The minimum atomic E-state index is -0.802. The molecule has 2 rings (SSSR count). The van der Waals surface area contributed by atoms with Gasteiger partial charge >= 0.3 is 5.97 Å². The molecule has 0 radical (unpaired) electrons. The van der Waals surface area contributed by atoms with Crippen molar-refractivity contribution in [3.05, 3.63) is 58.1 Å². The van der Waals surface area contributed by atoms with E-state index in [9.17, 15) is 9.59 Å². The first-order valence-electron chi connectivity index (χ1n) is 8.10. The maximum Gasteiger partial charge on any atom is 0.338 e. The summed E-state index contributed by atoms with van der Waals surface area (Å²) in [5.74, 6) is -0.453. The molecule has 26 heavy (non-hydrogen) atoms. The van der Waals surface area contributed by atoms with Crippen LogP contribution >= 0.6 is 23.2 Å². The second-order valence-corrected chi connectivity index (χ2v) is 6.38. The third kappa shape index (κ3) is 5.64. The summed E-state index contributed by atoms with van der Waals surface area (Å²) in [6.07, 6.45) is -0.0612. The number of hydrogen-bond acceptors (Lipinski definition) is 4. The van der Waals surface area contributed by atoms with Crippen molar-refractivity contribution >= 4 is 40.8 Å². The second kappa shape index (κ2) is 9.46. The molecule has 0 aliphatic rings. The van der Waals surface area contributed by atoms with Gasteiger partial charge in [0, 0.05) is 10.7 Å². The normalized spacial score (nSPS) is 11.5. The molecule has 5 nitrogen and oxygen atoms in total. The van der Waals surface area contributed by atoms with E-state index >= 15 is 0 Å². The summed E-state index contributed by atoms with van der Waals surface area (Å²) in [7, 11) is 0. The molecule has 0 saturated heterocycles. The van der Waals surface area contributed by atoms with Gasteiger partial charge in [0.2, 0.25) is 0 Å². The molecule has 1 N–H and O–H groups in total. The highest BCUT2D eigenvalue weighted by molar-refractivity contribution is 6.35. The summed E-state index contributed by atoms with van der Waals surface area (Å²) in [6, 6.07) is 11.3. The van der Waals surface area contributed by atoms with Crippen LogP contribution in [0.15, 0.2) is 42.5 Å². The average molecular weight is 396 g/mol. The van der Waals surface area contributed by atoms with Crippen LogP contribution in [0.5, 0.6) is 5.75 Å². The predicted molar refractivity (Wildman–Crippen MR) is 102 cm³/mol. The van der Waals surface area contributed by atoms with Crippen molar-refractivity contribution < 1.29 is 19.1 Å². The van der Waals surface area contributed by atoms with Crippen LogP contribution < -0.4 is 10.1 Å². The second-order valence-electron chi connectivity index (χ2n) is 5.54. The molecule has 1 amide bonds. The van der Waals surface area contributed by atoms with Gasteiger partial charge in [-0.05, 0) is 49.7 Å². The molecule has 0 spiro atoms. The molecule has 0 fully saturated rings. The fourth-order valence-electron chi connectivity index (χ4n) is 2.06. The Balaban J connectivity index is 2.01. The van der Waals surface area contributed by atoms with Crippen LogP contribution in [0.2, 0.25) is 10.0 Å². The Kier molecular flexibility index (Phi) is 7.30. The van der Waals surface area contributed by atoms with Gasteiger partial charge in [0.05, 0.1) is 17.2 Å². The van der Waals surface area contributed by atoms with Crippen molar-refractivity contribution in [3.63, 3.8) is 0 Å². The maximum atomic E-state index is 12.3. The summed E-state index contributed by atoms with van der Waals surface area (Å²) in [6.45, 7) is 3.86. The molecule has 1 unspecified atom stereocenters. The zero-order valence-electron chi connectivity index (χ0n) is 14.4. The van der Waals surface area contributed by atoms with E-state index in [2.05, 4.69) is 5.32 Å². The highest BCUT2D eigenvalue weighted by atomic mass is 35.5. The van der Waals surface area contributed by atoms with E-state index in [1.165, 1.54) is 6.07 Å². The molecule has 0 aliphatic carbocycles. The minimum absolute atomic E-state index is 0.317. The molecule has 0 heterocycles. The van der Waals surface area contributed by atoms with Gasteiger partial charge in [-0.2, -0.15) is 0 Å². The SMILES string of the molecule is CCCOC(=O)c1cccc(NC(=O)C(C)Oc2ccc(Cl)cc2Cl)c1. The Morgan fingerprint density at radius 1 is 1.15 bits per heavy atom. The predicted octanol–water partition coefficient (Wildman–Crippen LogP) is 4.97. The lowest BCUT2D eigenvalue weighted by molar-refractivity contribution is -0.122. The quantitative estimate of drug-likeness (QED) is 0.672. The van der Waals surface area contributed by atoms with Gasteiger partial charge in [-0.3, -0.25) is 4.79 Å². The van der Waals surface area contributed by atoms with E-state index in [4.69, 9.17) is 32.7 Å². The largest absolute Gasteiger partial charge is 0.479 e. The van der Waals surface area contributed by atoms with E-state index in [0.29, 0.717) is 33.7 Å². The van der Waals surface area contributed by atoms with Crippen molar-refractivity contribution in [1.29, 1.82) is 0 Å². The maximum absolute atomic E-state index is 12.3. The van der Waals surface area contributed by atoms with Gasteiger partial charge in [0.15, 0.2) is 6.10 Å². The van der Waals surface area contributed by atoms with Crippen molar-refractivity contribution in [3.8, 4) is 5.75 Å². The molecule has 2 aromatic carbocycles. The molecule has 0 aliphatic heterocycles. The molecule has 138 valence electrons. The number of esters is 1. The Hall–Kier alpha value is -2.24. The fraction of sp³-hybridized carbons (Fsp3) is 0.263. The smallest absolute Gasteiger partial charge is 0.338 e. The van der Waals surface area contributed by atoms with Gasteiger partial charge in [0.25, 0.3) is 5.91 Å². The van der Waals surface area contributed by atoms with Crippen LogP contribution in [0.3, 0.4) is 0 Å². The fourth-order valence-corrected chi connectivity index (χ4v) is 2.51. The van der Waals surface area contributed by atoms with Crippen molar-refractivity contribution in [2.24, 2.45) is 0 Å². The highest BCUT2D eigenvalue weighted by Crippen LogP contribution is 2.28. The van der Waals surface area contributed by atoms with E-state index in [0.717, 1.165) is 6.42 Å². The summed E-state index contributed by atoms with van der Waals surface area (Å²) in [5, 5.41) is 3.50. The number of nitrogens with one attached hydrogen (secondary N) is 1. The monoisotopic (exact) mass is 395 g/mol. The first-order valence-corrected chi connectivity index (χ1v) is 8.86. The van der Waals surface area contributed by atoms with Crippen LogP contribution in [0, 0.1) is 0 Å². The average Bonchev–Trinajstić information content (AvgIpc) is 2.62. The van der Waals surface area contributed by atoms with Gasteiger partial charge < -0.3 is 14.8 Å². The number of rotatable bonds is 7. The topological polar surface area (TPSA) is 64.6 Å². The standard InChI is InChI=1S/C19H19Cl2NO4/c1-3-9-25-19(24)13-5-4-6-15(10-13)22-18(23)12(2)26-17-8-7-14(20)11-16(17)21/h4-8,10-12H,3,9H2,1-2H3,(H,22,23). The molecular formula is C19H19Cl2NO4. The van der Waals surface area contributed by atoms with Crippen LogP contribution in [0.25, 0.3) is 0 Å². The summed E-state index contributed by atoms with van der Waals surface area (Å²) < 4.78 is 10.7. The molecule has 1 atom stereocenters. The number of amides is 1. The van der Waals surface area contributed by atoms with Crippen molar-refractivity contribution in [2.45, 2.75) is 26.4 Å². The number of carbonyl (C=O) groups is 2. The Bertz CT molecular complexity index is 795. The van der Waals surface area contributed by atoms with Crippen molar-refractivity contribution in [2.75, 3.05) is 11.9 Å².